The second-order valence-electron chi connectivity index (χ2n) is 5.19. The van der Waals surface area contributed by atoms with E-state index in [-0.39, 0.29) is 0 Å². The molecule has 98 valence electrons. The summed E-state index contributed by atoms with van der Waals surface area (Å²) in [4.78, 5) is 9.02. The smallest absolute Gasteiger partial charge is 0.242 e. The first-order valence-corrected chi connectivity index (χ1v) is 6.84. The van der Waals surface area contributed by atoms with Gasteiger partial charge in [0.2, 0.25) is 5.88 Å². The normalized spacial score (nSPS) is 18.7. The van der Waals surface area contributed by atoms with Crippen LogP contribution in [0.2, 0.25) is 0 Å². The van der Waals surface area contributed by atoms with Crippen LogP contribution >= 0.6 is 0 Å². The van der Waals surface area contributed by atoms with Gasteiger partial charge in [0.15, 0.2) is 5.82 Å². The molecule has 2 aliphatic rings. The molecule has 0 saturated heterocycles. The standard InChI is InChI=1S/C13H20N4O/c1-2-7-18-13-10(14)12(15-9-5-6-9)16-11(17-13)8-3-4-8/h8-9H,2-7,14H2,1H3,(H,15,16,17). The Balaban J connectivity index is 1.86. The fraction of sp³-hybridized carbons (Fsp3) is 0.692. The summed E-state index contributed by atoms with van der Waals surface area (Å²) in [5.74, 6) is 2.71. The van der Waals surface area contributed by atoms with Gasteiger partial charge in [-0.15, -0.1) is 0 Å². The first-order chi connectivity index (χ1) is 8.78. The molecular weight excluding hydrogens is 228 g/mol. The van der Waals surface area contributed by atoms with E-state index in [4.69, 9.17) is 10.5 Å². The Morgan fingerprint density at radius 1 is 1.28 bits per heavy atom. The van der Waals surface area contributed by atoms with Crippen LogP contribution in [0.25, 0.3) is 0 Å². The van der Waals surface area contributed by atoms with Gasteiger partial charge in [-0.25, -0.2) is 4.98 Å². The lowest BCUT2D eigenvalue weighted by Crippen LogP contribution is -2.12. The van der Waals surface area contributed by atoms with Gasteiger partial charge in [-0.3, -0.25) is 0 Å². The Kier molecular flexibility index (Phi) is 2.97. The van der Waals surface area contributed by atoms with Crippen LogP contribution in [0, 0.1) is 0 Å². The van der Waals surface area contributed by atoms with Crippen molar-refractivity contribution in [1.29, 1.82) is 0 Å². The molecule has 3 N–H and O–H groups in total. The SMILES string of the molecule is CCCOc1nc(C2CC2)nc(NC2CC2)c1N. The predicted octanol–water partition coefficient (Wildman–Crippen LogP) is 2.30. The molecule has 3 rings (SSSR count). The van der Waals surface area contributed by atoms with Crippen molar-refractivity contribution in [3.63, 3.8) is 0 Å². The lowest BCUT2D eigenvalue weighted by Gasteiger charge is -2.13. The third-order valence-corrected chi connectivity index (χ3v) is 3.23. The van der Waals surface area contributed by atoms with E-state index in [1.165, 1.54) is 25.7 Å². The van der Waals surface area contributed by atoms with Crippen molar-refractivity contribution in [3.05, 3.63) is 5.82 Å². The van der Waals surface area contributed by atoms with Gasteiger partial charge in [-0.1, -0.05) is 6.92 Å². The van der Waals surface area contributed by atoms with Crippen LogP contribution in [0.5, 0.6) is 5.88 Å². The molecule has 5 heteroatoms. The molecule has 18 heavy (non-hydrogen) atoms. The molecule has 0 bridgehead atoms. The second-order valence-corrected chi connectivity index (χ2v) is 5.19. The average molecular weight is 248 g/mol. The van der Waals surface area contributed by atoms with E-state index >= 15 is 0 Å². The summed E-state index contributed by atoms with van der Waals surface area (Å²) in [7, 11) is 0. The van der Waals surface area contributed by atoms with Gasteiger partial charge in [0.1, 0.15) is 11.5 Å². The number of aromatic nitrogens is 2. The number of ether oxygens (including phenoxy) is 1. The molecule has 0 unspecified atom stereocenters. The van der Waals surface area contributed by atoms with Gasteiger partial charge >= 0.3 is 0 Å². The molecule has 1 aromatic rings. The number of nitrogen functional groups attached to an aromatic ring is 1. The van der Waals surface area contributed by atoms with E-state index in [1.54, 1.807) is 0 Å². The maximum atomic E-state index is 6.08. The van der Waals surface area contributed by atoms with Crippen molar-refractivity contribution in [2.75, 3.05) is 17.7 Å². The van der Waals surface area contributed by atoms with Gasteiger partial charge in [-0.2, -0.15) is 4.98 Å². The van der Waals surface area contributed by atoms with Crippen LogP contribution < -0.4 is 15.8 Å². The zero-order valence-corrected chi connectivity index (χ0v) is 10.8. The molecule has 2 aliphatic carbocycles. The molecular formula is C13H20N4O. The Bertz CT molecular complexity index is 441. The molecule has 1 heterocycles. The lowest BCUT2D eigenvalue weighted by atomic mass is 10.3. The van der Waals surface area contributed by atoms with Crippen molar-refractivity contribution in [2.24, 2.45) is 0 Å². The Morgan fingerprint density at radius 2 is 2.06 bits per heavy atom. The highest BCUT2D eigenvalue weighted by Gasteiger charge is 2.30. The number of rotatable bonds is 6. The van der Waals surface area contributed by atoms with Crippen LogP contribution in [0.1, 0.15) is 50.8 Å². The largest absolute Gasteiger partial charge is 0.476 e. The van der Waals surface area contributed by atoms with E-state index in [0.717, 1.165) is 18.1 Å². The molecule has 0 radical (unpaired) electrons. The maximum Gasteiger partial charge on any atom is 0.242 e. The number of hydrogen-bond donors (Lipinski definition) is 2. The topological polar surface area (TPSA) is 73.1 Å². The molecule has 0 atom stereocenters. The van der Waals surface area contributed by atoms with E-state index < -0.39 is 0 Å². The molecule has 5 nitrogen and oxygen atoms in total. The van der Waals surface area contributed by atoms with Crippen molar-refractivity contribution >= 4 is 11.5 Å². The molecule has 2 fully saturated rings. The zero-order valence-electron chi connectivity index (χ0n) is 10.8. The van der Waals surface area contributed by atoms with Gasteiger partial charge in [0.05, 0.1) is 6.61 Å². The summed E-state index contributed by atoms with van der Waals surface area (Å²) in [5, 5.41) is 3.37. The second kappa shape index (κ2) is 4.63. The average Bonchev–Trinajstić information content (AvgIpc) is 3.23. The molecule has 0 aliphatic heterocycles. The van der Waals surface area contributed by atoms with Crippen LogP contribution in [0.3, 0.4) is 0 Å². The molecule has 0 aromatic carbocycles. The predicted molar refractivity (Wildman–Crippen MR) is 70.9 cm³/mol. The Hall–Kier alpha value is -1.52. The van der Waals surface area contributed by atoms with E-state index in [0.29, 0.717) is 30.1 Å². The van der Waals surface area contributed by atoms with Crippen molar-refractivity contribution in [1.82, 2.24) is 9.97 Å². The Morgan fingerprint density at radius 3 is 2.67 bits per heavy atom. The molecule has 0 amide bonds. The third-order valence-electron chi connectivity index (χ3n) is 3.23. The highest BCUT2D eigenvalue weighted by molar-refractivity contribution is 5.67. The zero-order chi connectivity index (χ0) is 12.5. The fourth-order valence-electron chi connectivity index (χ4n) is 1.83. The monoisotopic (exact) mass is 248 g/mol. The number of nitrogens with two attached hydrogens (primary N) is 1. The van der Waals surface area contributed by atoms with E-state index in [1.807, 2.05) is 0 Å². The van der Waals surface area contributed by atoms with Crippen molar-refractivity contribution in [3.8, 4) is 5.88 Å². The van der Waals surface area contributed by atoms with Crippen molar-refractivity contribution in [2.45, 2.75) is 51.0 Å². The van der Waals surface area contributed by atoms with Crippen LogP contribution in [-0.4, -0.2) is 22.6 Å². The van der Waals surface area contributed by atoms with Crippen LogP contribution in [0.4, 0.5) is 11.5 Å². The summed E-state index contributed by atoms with van der Waals surface area (Å²) in [5.41, 5.74) is 6.63. The summed E-state index contributed by atoms with van der Waals surface area (Å²) >= 11 is 0. The molecule has 0 spiro atoms. The maximum absolute atomic E-state index is 6.08. The number of nitrogens with one attached hydrogen (secondary N) is 1. The van der Waals surface area contributed by atoms with Crippen LogP contribution in [0.15, 0.2) is 0 Å². The fourth-order valence-corrected chi connectivity index (χ4v) is 1.83. The summed E-state index contributed by atoms with van der Waals surface area (Å²) < 4.78 is 5.63. The Labute approximate surface area is 107 Å². The van der Waals surface area contributed by atoms with Gasteiger partial charge in [0.25, 0.3) is 0 Å². The molecule has 1 aromatic heterocycles. The number of nitrogens with zero attached hydrogens (tertiary/aromatic N) is 2. The quantitative estimate of drug-likeness (QED) is 0.808. The minimum Gasteiger partial charge on any atom is -0.476 e. The van der Waals surface area contributed by atoms with Gasteiger partial charge < -0.3 is 15.8 Å². The van der Waals surface area contributed by atoms with Crippen LogP contribution in [-0.2, 0) is 0 Å². The first kappa shape index (κ1) is 11.6. The van der Waals surface area contributed by atoms with Gasteiger partial charge in [-0.05, 0) is 32.1 Å². The summed E-state index contributed by atoms with van der Waals surface area (Å²) in [6, 6.07) is 0.535. The minimum absolute atomic E-state index is 0.509. The number of hydrogen-bond acceptors (Lipinski definition) is 5. The number of anilines is 2. The van der Waals surface area contributed by atoms with E-state index in [2.05, 4.69) is 22.2 Å². The van der Waals surface area contributed by atoms with Gasteiger partial charge in [0, 0.05) is 12.0 Å². The van der Waals surface area contributed by atoms with E-state index in [9.17, 15) is 0 Å². The van der Waals surface area contributed by atoms with Crippen molar-refractivity contribution < 1.29 is 4.74 Å². The highest BCUT2D eigenvalue weighted by Crippen LogP contribution is 2.41. The summed E-state index contributed by atoms with van der Waals surface area (Å²) in [6.07, 6.45) is 5.72. The molecule has 2 saturated carbocycles. The third kappa shape index (κ3) is 2.49. The first-order valence-electron chi connectivity index (χ1n) is 6.84. The lowest BCUT2D eigenvalue weighted by molar-refractivity contribution is 0.305. The minimum atomic E-state index is 0.509. The highest BCUT2D eigenvalue weighted by atomic mass is 16.5. The summed E-state index contributed by atoms with van der Waals surface area (Å²) in [6.45, 7) is 2.72.